The van der Waals surface area contributed by atoms with E-state index in [4.69, 9.17) is 10.8 Å². The van der Waals surface area contributed by atoms with Gasteiger partial charge in [-0.25, -0.2) is 0 Å². The van der Waals surface area contributed by atoms with Crippen molar-refractivity contribution in [1.82, 2.24) is 9.80 Å². The maximum Gasteiger partial charge on any atom is 0.320 e. The van der Waals surface area contributed by atoms with Gasteiger partial charge in [-0.3, -0.25) is 4.79 Å². The lowest BCUT2D eigenvalue weighted by Gasteiger charge is -2.17. The Hall–Kier alpha value is -1.49. The highest BCUT2D eigenvalue weighted by atomic mass is 16.4. The highest BCUT2D eigenvalue weighted by Gasteiger charge is 2.17. The van der Waals surface area contributed by atoms with E-state index < -0.39 is 12.0 Å². The van der Waals surface area contributed by atoms with Gasteiger partial charge in [-0.2, -0.15) is 0 Å². The summed E-state index contributed by atoms with van der Waals surface area (Å²) in [4.78, 5) is 14.6. The van der Waals surface area contributed by atoms with Crippen molar-refractivity contribution in [3.05, 3.63) is 25.2 Å². The van der Waals surface area contributed by atoms with Crippen LogP contribution in [0.3, 0.4) is 0 Å². The van der Waals surface area contributed by atoms with E-state index >= 15 is 0 Å². The Morgan fingerprint density at radius 3 is 2.50 bits per heavy atom. The summed E-state index contributed by atoms with van der Waals surface area (Å²) in [5, 5.41) is 8.36. The Bertz CT molecular complexity index is 318. The van der Waals surface area contributed by atoms with Gasteiger partial charge in [0.25, 0.3) is 0 Å². The summed E-state index contributed by atoms with van der Waals surface area (Å²) in [6, 6.07) is -0.699. The second-order valence-corrected chi connectivity index (χ2v) is 5.05. The van der Waals surface area contributed by atoms with Crippen LogP contribution in [0.25, 0.3) is 0 Å². The van der Waals surface area contributed by atoms with E-state index in [1.54, 1.807) is 0 Å². The van der Waals surface area contributed by atoms with Gasteiger partial charge in [0.1, 0.15) is 6.04 Å². The minimum absolute atomic E-state index is 0.0718. The first-order valence-corrected chi connectivity index (χ1v) is 7.25. The van der Waals surface area contributed by atoms with E-state index in [0.717, 1.165) is 19.6 Å². The molecule has 5 nitrogen and oxygen atoms in total. The summed E-state index contributed by atoms with van der Waals surface area (Å²) < 4.78 is 0. The normalized spacial score (nSPS) is 16.4. The maximum atomic E-state index is 10.2. The molecule has 0 aromatic rings. The molecule has 0 bridgehead atoms. The third kappa shape index (κ3) is 7.19. The summed E-state index contributed by atoms with van der Waals surface area (Å²) in [5.41, 5.74) is 5.27. The standard InChI is InChI=1S/C9H16N2.C6H13NO2/c1-3-5-6-11-8-7-10(4-2)9-11;1-3-4(2)5(7)6(8)9/h4,7-8H,2-3,5-6,9H2,1H3;4-5H,3,7H2,1-2H3,(H,8,9). The molecule has 0 spiro atoms. The zero-order valence-corrected chi connectivity index (χ0v) is 13.0. The maximum absolute atomic E-state index is 10.2. The summed E-state index contributed by atoms with van der Waals surface area (Å²) in [6.07, 6.45) is 9.38. The van der Waals surface area contributed by atoms with Crippen LogP contribution in [-0.4, -0.2) is 40.1 Å². The Labute approximate surface area is 122 Å². The smallest absolute Gasteiger partial charge is 0.320 e. The molecule has 1 heterocycles. The minimum atomic E-state index is -0.913. The van der Waals surface area contributed by atoms with Gasteiger partial charge < -0.3 is 20.6 Å². The number of rotatable bonds is 7. The number of nitrogens with two attached hydrogens (primary N) is 1. The zero-order chi connectivity index (χ0) is 15.5. The van der Waals surface area contributed by atoms with Gasteiger partial charge >= 0.3 is 5.97 Å². The molecule has 0 aromatic heterocycles. The lowest BCUT2D eigenvalue weighted by Crippen LogP contribution is -2.36. The molecule has 0 fully saturated rings. The molecule has 0 saturated carbocycles. The van der Waals surface area contributed by atoms with Crippen LogP contribution in [0.15, 0.2) is 25.2 Å². The first-order chi connectivity index (χ1) is 9.46. The Kier molecular flexibility index (Phi) is 9.55. The summed E-state index contributed by atoms with van der Waals surface area (Å²) in [7, 11) is 0. The van der Waals surface area contributed by atoms with Crippen LogP contribution in [0.1, 0.15) is 40.0 Å². The molecule has 116 valence electrons. The van der Waals surface area contributed by atoms with Crippen LogP contribution in [0.4, 0.5) is 0 Å². The van der Waals surface area contributed by atoms with E-state index in [1.807, 2.05) is 20.0 Å². The average molecular weight is 283 g/mol. The van der Waals surface area contributed by atoms with E-state index in [9.17, 15) is 4.79 Å². The lowest BCUT2D eigenvalue weighted by atomic mass is 10.0. The van der Waals surface area contributed by atoms with Crippen molar-refractivity contribution in [2.45, 2.75) is 46.1 Å². The molecular weight excluding hydrogens is 254 g/mol. The molecule has 1 aliphatic heterocycles. The van der Waals surface area contributed by atoms with Crippen molar-refractivity contribution in [3.63, 3.8) is 0 Å². The molecule has 2 unspecified atom stereocenters. The van der Waals surface area contributed by atoms with Gasteiger partial charge in [-0.1, -0.05) is 40.2 Å². The van der Waals surface area contributed by atoms with E-state index in [1.165, 1.54) is 12.8 Å². The van der Waals surface area contributed by atoms with Gasteiger partial charge in [-0.05, 0) is 18.5 Å². The van der Waals surface area contributed by atoms with Crippen LogP contribution in [0.5, 0.6) is 0 Å². The van der Waals surface area contributed by atoms with Gasteiger partial charge in [0.2, 0.25) is 0 Å². The molecule has 0 amide bonds. The highest BCUT2D eigenvalue weighted by molar-refractivity contribution is 5.73. The van der Waals surface area contributed by atoms with Gasteiger partial charge in [0.05, 0.1) is 6.67 Å². The number of aliphatic carboxylic acids is 1. The highest BCUT2D eigenvalue weighted by Crippen LogP contribution is 2.07. The molecule has 1 rings (SSSR count). The molecule has 0 aliphatic carbocycles. The fourth-order valence-corrected chi connectivity index (χ4v) is 1.61. The third-order valence-corrected chi connectivity index (χ3v) is 3.39. The van der Waals surface area contributed by atoms with Crippen molar-refractivity contribution >= 4 is 5.97 Å². The zero-order valence-electron chi connectivity index (χ0n) is 13.0. The number of carboxylic acid groups (broad SMARTS) is 1. The van der Waals surface area contributed by atoms with E-state index in [2.05, 4.69) is 35.7 Å². The monoisotopic (exact) mass is 283 g/mol. The lowest BCUT2D eigenvalue weighted by molar-refractivity contribution is -0.139. The van der Waals surface area contributed by atoms with Crippen LogP contribution in [0, 0.1) is 5.92 Å². The fraction of sp³-hybridized carbons (Fsp3) is 0.667. The molecule has 0 radical (unpaired) electrons. The van der Waals surface area contributed by atoms with Crippen LogP contribution in [0.2, 0.25) is 0 Å². The van der Waals surface area contributed by atoms with Crippen molar-refractivity contribution < 1.29 is 9.90 Å². The predicted octanol–water partition coefficient (Wildman–Crippen LogP) is 2.42. The number of hydrogen-bond acceptors (Lipinski definition) is 4. The average Bonchev–Trinajstić information content (AvgIpc) is 2.91. The van der Waals surface area contributed by atoms with Gasteiger partial charge in [0.15, 0.2) is 0 Å². The summed E-state index contributed by atoms with van der Waals surface area (Å²) in [5.74, 6) is -0.841. The van der Waals surface area contributed by atoms with E-state index in [-0.39, 0.29) is 5.92 Å². The second kappa shape index (κ2) is 10.3. The molecule has 2 atom stereocenters. The number of carboxylic acids is 1. The molecule has 1 aliphatic rings. The van der Waals surface area contributed by atoms with E-state index in [0.29, 0.717) is 0 Å². The van der Waals surface area contributed by atoms with Gasteiger partial charge in [-0.15, -0.1) is 0 Å². The number of unbranched alkanes of at least 4 members (excludes halogenated alkanes) is 1. The molecule has 0 aromatic carbocycles. The first-order valence-electron chi connectivity index (χ1n) is 7.25. The fourth-order valence-electron chi connectivity index (χ4n) is 1.61. The summed E-state index contributed by atoms with van der Waals surface area (Å²) in [6.45, 7) is 11.8. The second-order valence-electron chi connectivity index (χ2n) is 5.05. The van der Waals surface area contributed by atoms with Crippen molar-refractivity contribution in [2.24, 2.45) is 11.7 Å². The van der Waals surface area contributed by atoms with Crippen LogP contribution >= 0.6 is 0 Å². The molecule has 0 saturated heterocycles. The topological polar surface area (TPSA) is 69.8 Å². The third-order valence-electron chi connectivity index (χ3n) is 3.39. The SMILES string of the molecule is C=CN1C=CN(CCCC)C1.CCC(C)C(N)C(=O)O. The van der Waals surface area contributed by atoms with Crippen molar-refractivity contribution in [2.75, 3.05) is 13.2 Å². The molecule has 20 heavy (non-hydrogen) atoms. The van der Waals surface area contributed by atoms with Crippen molar-refractivity contribution in [3.8, 4) is 0 Å². The minimum Gasteiger partial charge on any atom is -0.480 e. The number of carbonyl (C=O) groups is 1. The quantitative estimate of drug-likeness (QED) is 0.751. The largest absolute Gasteiger partial charge is 0.480 e. The first kappa shape index (κ1) is 18.5. The number of nitrogens with zero attached hydrogens (tertiary/aromatic N) is 2. The number of hydrogen-bond donors (Lipinski definition) is 2. The Morgan fingerprint density at radius 1 is 1.50 bits per heavy atom. The molecular formula is C15H29N3O2. The molecule has 5 heteroatoms. The Balaban J connectivity index is 0.000000370. The summed E-state index contributed by atoms with van der Waals surface area (Å²) >= 11 is 0. The van der Waals surface area contributed by atoms with Gasteiger partial charge in [0, 0.05) is 18.9 Å². The predicted molar refractivity (Wildman–Crippen MR) is 82.7 cm³/mol. The Morgan fingerprint density at radius 2 is 2.15 bits per heavy atom. The van der Waals surface area contributed by atoms with Crippen molar-refractivity contribution in [1.29, 1.82) is 0 Å². The molecule has 3 N–H and O–H groups in total. The van der Waals surface area contributed by atoms with Crippen LogP contribution in [-0.2, 0) is 4.79 Å². The van der Waals surface area contributed by atoms with Crippen LogP contribution < -0.4 is 5.73 Å².